The van der Waals surface area contributed by atoms with Crippen LogP contribution < -0.4 is 0 Å². The maximum atomic E-state index is 2.55. The molecule has 0 heterocycles. The molecule has 0 heteroatoms. The van der Waals surface area contributed by atoms with Crippen LogP contribution in [0.4, 0.5) is 0 Å². The molecule has 2 fully saturated rings. The van der Waals surface area contributed by atoms with Crippen LogP contribution in [0.3, 0.4) is 0 Å². The molecule has 0 radical (unpaired) electrons. The van der Waals surface area contributed by atoms with E-state index in [-0.39, 0.29) is 0 Å². The van der Waals surface area contributed by atoms with Crippen molar-refractivity contribution < 1.29 is 0 Å². The van der Waals surface area contributed by atoms with Crippen molar-refractivity contribution in [2.45, 2.75) is 118 Å². The second kappa shape index (κ2) is 10.9. The Bertz CT molecular complexity index is 318. The minimum absolute atomic E-state index is 0.949. The molecule has 0 aromatic carbocycles. The highest BCUT2D eigenvalue weighted by atomic mass is 14.4. The minimum atomic E-state index is 0.949. The van der Waals surface area contributed by atoms with Gasteiger partial charge in [-0.15, -0.1) is 0 Å². The summed E-state index contributed by atoms with van der Waals surface area (Å²) in [5.74, 6) is 6.30. The lowest BCUT2D eigenvalue weighted by atomic mass is 9.60. The molecule has 6 unspecified atom stereocenters. The van der Waals surface area contributed by atoms with Gasteiger partial charge in [-0.1, -0.05) is 79.1 Å². The van der Waals surface area contributed by atoms with Crippen LogP contribution in [0.2, 0.25) is 0 Å². The number of unbranched alkanes of at least 4 members (excludes halogenated alkanes) is 5. The van der Waals surface area contributed by atoms with Gasteiger partial charge in [-0.05, 0) is 74.0 Å². The van der Waals surface area contributed by atoms with E-state index in [1.54, 1.807) is 25.7 Å². The van der Waals surface area contributed by atoms with Gasteiger partial charge >= 0.3 is 0 Å². The summed E-state index contributed by atoms with van der Waals surface area (Å²) < 4.78 is 0. The molecule has 142 valence electrons. The normalized spacial score (nSPS) is 32.0. The molecule has 24 heavy (non-hydrogen) atoms. The molecule has 0 aromatic rings. The molecule has 0 bridgehead atoms. The van der Waals surface area contributed by atoms with Gasteiger partial charge in [0.25, 0.3) is 0 Å². The van der Waals surface area contributed by atoms with Gasteiger partial charge in [0, 0.05) is 0 Å². The Morgan fingerprint density at radius 3 is 1.83 bits per heavy atom. The van der Waals surface area contributed by atoms with Gasteiger partial charge in [-0.25, -0.2) is 0 Å². The smallest absolute Gasteiger partial charge is 0.0383 e. The highest BCUT2D eigenvalue weighted by Gasteiger charge is 2.38. The number of hydrogen-bond acceptors (Lipinski definition) is 0. The van der Waals surface area contributed by atoms with Gasteiger partial charge in [0.2, 0.25) is 0 Å². The number of rotatable bonds is 13. The van der Waals surface area contributed by atoms with Crippen molar-refractivity contribution in [2.75, 3.05) is 0 Å². The summed E-state index contributed by atoms with van der Waals surface area (Å²) in [5.41, 5.74) is 0. The Labute approximate surface area is 153 Å². The van der Waals surface area contributed by atoms with Crippen LogP contribution in [0.1, 0.15) is 118 Å². The van der Waals surface area contributed by atoms with Gasteiger partial charge in [-0.2, -0.15) is 0 Å². The Kier molecular flexibility index (Phi) is 9.20. The molecule has 0 saturated heterocycles. The van der Waals surface area contributed by atoms with Crippen molar-refractivity contribution in [2.24, 2.45) is 35.5 Å². The first-order chi connectivity index (χ1) is 11.7. The largest absolute Gasteiger partial charge is 0.0654 e. The van der Waals surface area contributed by atoms with E-state index in [1.807, 2.05) is 0 Å². The molecule has 0 spiro atoms. The summed E-state index contributed by atoms with van der Waals surface area (Å²) in [6.07, 6.45) is 20.9. The third kappa shape index (κ3) is 6.06. The average Bonchev–Trinajstić information content (AvgIpc) is 2.54. The highest BCUT2D eigenvalue weighted by Crippen LogP contribution is 2.49. The standard InChI is InChI=1S/C24H46/c1-5-7-8-9-10-11-12-19(3)20(4)17-22-15-16-24(22)18-23-14-13-21(23)6-2/h19-24H,5-18H2,1-4H3. The Balaban J connectivity index is 1.56. The highest BCUT2D eigenvalue weighted by molar-refractivity contribution is 4.89. The SMILES string of the molecule is CCCCCCCCC(C)C(C)CC1CCC1CC1CCC1CC. The van der Waals surface area contributed by atoms with E-state index in [0.717, 1.165) is 35.5 Å². The maximum absolute atomic E-state index is 2.55. The molecule has 6 atom stereocenters. The van der Waals surface area contributed by atoms with Crippen molar-refractivity contribution >= 4 is 0 Å². The molecule has 2 saturated carbocycles. The van der Waals surface area contributed by atoms with Gasteiger partial charge in [-0.3, -0.25) is 0 Å². The summed E-state index contributed by atoms with van der Waals surface area (Å²) in [6, 6.07) is 0. The monoisotopic (exact) mass is 334 g/mol. The topological polar surface area (TPSA) is 0 Å². The first-order valence-electron chi connectivity index (χ1n) is 11.7. The lowest BCUT2D eigenvalue weighted by molar-refractivity contribution is 0.0545. The molecule has 0 N–H and O–H groups in total. The lowest BCUT2D eigenvalue weighted by Gasteiger charge is -2.45. The third-order valence-electron chi connectivity index (χ3n) is 7.94. The van der Waals surface area contributed by atoms with E-state index in [9.17, 15) is 0 Å². The molecule has 0 nitrogen and oxygen atoms in total. The molecular weight excluding hydrogens is 288 g/mol. The summed E-state index contributed by atoms with van der Waals surface area (Å²) in [5, 5.41) is 0. The van der Waals surface area contributed by atoms with Crippen molar-refractivity contribution in [3.8, 4) is 0 Å². The van der Waals surface area contributed by atoms with Crippen LogP contribution in [0.5, 0.6) is 0 Å². The van der Waals surface area contributed by atoms with E-state index in [1.165, 1.54) is 64.2 Å². The molecule has 0 aromatic heterocycles. The van der Waals surface area contributed by atoms with Gasteiger partial charge in [0.15, 0.2) is 0 Å². The average molecular weight is 335 g/mol. The Morgan fingerprint density at radius 2 is 1.25 bits per heavy atom. The summed E-state index contributed by atoms with van der Waals surface area (Å²) in [4.78, 5) is 0. The third-order valence-corrected chi connectivity index (χ3v) is 7.94. The molecular formula is C24H46. The van der Waals surface area contributed by atoms with Crippen LogP contribution in [-0.4, -0.2) is 0 Å². The molecule has 0 aliphatic heterocycles. The van der Waals surface area contributed by atoms with E-state index in [2.05, 4.69) is 27.7 Å². The quantitative estimate of drug-likeness (QED) is 0.297. The predicted octanol–water partition coefficient (Wildman–Crippen LogP) is 8.25. The van der Waals surface area contributed by atoms with Crippen molar-refractivity contribution in [3.05, 3.63) is 0 Å². The van der Waals surface area contributed by atoms with E-state index < -0.39 is 0 Å². The summed E-state index contributed by atoms with van der Waals surface area (Å²) in [7, 11) is 0. The fraction of sp³-hybridized carbons (Fsp3) is 1.00. The second-order valence-corrected chi connectivity index (χ2v) is 9.59. The van der Waals surface area contributed by atoms with E-state index in [4.69, 9.17) is 0 Å². The van der Waals surface area contributed by atoms with Crippen LogP contribution in [0.25, 0.3) is 0 Å². The first kappa shape index (κ1) is 20.3. The van der Waals surface area contributed by atoms with Crippen LogP contribution in [0.15, 0.2) is 0 Å². The first-order valence-corrected chi connectivity index (χ1v) is 11.7. The second-order valence-electron chi connectivity index (χ2n) is 9.59. The zero-order valence-corrected chi connectivity index (χ0v) is 17.4. The minimum Gasteiger partial charge on any atom is -0.0654 e. The fourth-order valence-corrected chi connectivity index (χ4v) is 5.37. The summed E-state index contributed by atoms with van der Waals surface area (Å²) in [6.45, 7) is 9.80. The van der Waals surface area contributed by atoms with E-state index >= 15 is 0 Å². The van der Waals surface area contributed by atoms with E-state index in [0.29, 0.717) is 0 Å². The molecule has 2 aliphatic rings. The zero-order valence-electron chi connectivity index (χ0n) is 17.4. The zero-order chi connectivity index (χ0) is 17.4. The van der Waals surface area contributed by atoms with Gasteiger partial charge in [0.1, 0.15) is 0 Å². The fourth-order valence-electron chi connectivity index (χ4n) is 5.37. The van der Waals surface area contributed by atoms with Crippen molar-refractivity contribution in [3.63, 3.8) is 0 Å². The van der Waals surface area contributed by atoms with Crippen molar-refractivity contribution in [1.29, 1.82) is 0 Å². The number of hydrogen-bond donors (Lipinski definition) is 0. The Hall–Kier alpha value is 0. The van der Waals surface area contributed by atoms with Gasteiger partial charge < -0.3 is 0 Å². The van der Waals surface area contributed by atoms with Crippen LogP contribution in [-0.2, 0) is 0 Å². The maximum Gasteiger partial charge on any atom is -0.0383 e. The van der Waals surface area contributed by atoms with Crippen molar-refractivity contribution in [1.82, 2.24) is 0 Å². The Morgan fingerprint density at radius 1 is 0.667 bits per heavy atom. The van der Waals surface area contributed by atoms with Gasteiger partial charge in [0.05, 0.1) is 0 Å². The molecule has 0 amide bonds. The van der Waals surface area contributed by atoms with Crippen LogP contribution >= 0.6 is 0 Å². The van der Waals surface area contributed by atoms with Crippen LogP contribution in [0, 0.1) is 35.5 Å². The molecule has 2 aliphatic carbocycles. The predicted molar refractivity (Wildman–Crippen MR) is 108 cm³/mol. The lowest BCUT2D eigenvalue weighted by Crippen LogP contribution is -2.35. The molecule has 2 rings (SSSR count). The summed E-state index contributed by atoms with van der Waals surface area (Å²) >= 11 is 0.